The predicted octanol–water partition coefficient (Wildman–Crippen LogP) is 4.73. The van der Waals surface area contributed by atoms with E-state index in [0.717, 1.165) is 43.8 Å². The average Bonchev–Trinajstić information content (AvgIpc) is 3.15. The van der Waals surface area contributed by atoms with Gasteiger partial charge in [-0.15, -0.1) is 0 Å². The van der Waals surface area contributed by atoms with Crippen molar-refractivity contribution in [2.45, 2.75) is 38.1 Å². The summed E-state index contributed by atoms with van der Waals surface area (Å²) in [5.41, 5.74) is 3.09. The molecule has 3 aromatic carbocycles. The Morgan fingerprint density at radius 1 is 0.909 bits per heavy atom. The smallest absolute Gasteiger partial charge is 0.256 e. The first-order chi connectivity index (χ1) is 16.3. The number of benzene rings is 3. The van der Waals surface area contributed by atoms with Crippen molar-refractivity contribution in [3.05, 3.63) is 102 Å². The lowest BCUT2D eigenvalue weighted by atomic mass is 10.1. The third-order valence-corrected chi connectivity index (χ3v) is 6.52. The zero-order chi connectivity index (χ0) is 22.5. The first kappa shape index (κ1) is 21.7. The molecule has 3 aromatic rings. The molecular formula is C28H30N2O3. The lowest BCUT2D eigenvalue weighted by Gasteiger charge is -2.29. The van der Waals surface area contributed by atoms with E-state index in [4.69, 9.17) is 9.47 Å². The van der Waals surface area contributed by atoms with Crippen molar-refractivity contribution in [3.63, 3.8) is 0 Å². The monoisotopic (exact) mass is 442 g/mol. The molecule has 0 unspecified atom stereocenters. The molecule has 2 saturated heterocycles. The Balaban J connectivity index is 1.23. The second-order valence-electron chi connectivity index (χ2n) is 8.84. The molecule has 0 radical (unpaired) electrons. The van der Waals surface area contributed by atoms with E-state index in [1.54, 1.807) is 0 Å². The molecule has 0 aromatic heterocycles. The number of amides is 1. The summed E-state index contributed by atoms with van der Waals surface area (Å²) in [6, 6.07) is 28.1. The predicted molar refractivity (Wildman–Crippen MR) is 128 cm³/mol. The second kappa shape index (κ2) is 10.2. The molecule has 1 amide bonds. The summed E-state index contributed by atoms with van der Waals surface area (Å²) in [7, 11) is 0. The van der Waals surface area contributed by atoms with Crippen molar-refractivity contribution >= 4 is 5.91 Å². The number of hydrogen-bond acceptors (Lipinski definition) is 4. The van der Waals surface area contributed by atoms with Crippen molar-refractivity contribution in [2.75, 3.05) is 19.8 Å². The van der Waals surface area contributed by atoms with Crippen molar-refractivity contribution in [2.24, 2.45) is 0 Å². The number of likely N-dealkylation sites (tertiary alicyclic amines) is 1. The van der Waals surface area contributed by atoms with Gasteiger partial charge in [0.2, 0.25) is 0 Å². The zero-order valence-electron chi connectivity index (χ0n) is 18.8. The summed E-state index contributed by atoms with van der Waals surface area (Å²) in [6.07, 6.45) is 2.19. The van der Waals surface area contributed by atoms with Crippen LogP contribution in [0.1, 0.15) is 34.3 Å². The minimum atomic E-state index is 0.0265. The Hall–Kier alpha value is -3.15. The number of ether oxygens (including phenoxy) is 2. The molecule has 5 rings (SSSR count). The second-order valence-corrected chi connectivity index (χ2v) is 8.84. The number of hydrogen-bond donors (Lipinski definition) is 0. The minimum absolute atomic E-state index is 0.0265. The lowest BCUT2D eigenvalue weighted by Crippen LogP contribution is -2.45. The number of nitrogens with zero attached hydrogens (tertiary/aromatic N) is 2. The minimum Gasteiger partial charge on any atom is -0.489 e. The van der Waals surface area contributed by atoms with Crippen LogP contribution in [-0.4, -0.2) is 47.7 Å². The SMILES string of the molecule is O=C(c1ccc(OCc2ccccc2)cc1)N1CO[C@@H]2CCCN(Cc3ccccc3)C[C@H]21. The molecule has 0 N–H and O–H groups in total. The fraction of sp³-hybridized carbons (Fsp3) is 0.321. The van der Waals surface area contributed by atoms with Crippen LogP contribution >= 0.6 is 0 Å². The first-order valence-electron chi connectivity index (χ1n) is 11.7. The van der Waals surface area contributed by atoms with E-state index in [1.165, 1.54) is 5.56 Å². The van der Waals surface area contributed by atoms with Crippen LogP contribution in [0.25, 0.3) is 0 Å². The van der Waals surface area contributed by atoms with Crippen molar-refractivity contribution in [1.82, 2.24) is 9.80 Å². The van der Waals surface area contributed by atoms with E-state index < -0.39 is 0 Å². The third-order valence-electron chi connectivity index (χ3n) is 6.52. The molecule has 33 heavy (non-hydrogen) atoms. The Kier molecular flexibility index (Phi) is 6.70. The normalized spacial score (nSPS) is 20.8. The highest BCUT2D eigenvalue weighted by atomic mass is 16.5. The van der Waals surface area contributed by atoms with E-state index in [-0.39, 0.29) is 18.1 Å². The van der Waals surface area contributed by atoms with Gasteiger partial charge in [0.05, 0.1) is 12.1 Å². The van der Waals surface area contributed by atoms with Gasteiger partial charge in [-0.2, -0.15) is 0 Å². The van der Waals surface area contributed by atoms with E-state index in [9.17, 15) is 4.79 Å². The topological polar surface area (TPSA) is 42.0 Å². The van der Waals surface area contributed by atoms with Crippen molar-refractivity contribution < 1.29 is 14.3 Å². The molecule has 2 aliphatic heterocycles. The molecule has 2 aliphatic rings. The van der Waals surface area contributed by atoms with E-state index in [0.29, 0.717) is 18.9 Å². The number of carbonyl (C=O) groups is 1. The van der Waals surface area contributed by atoms with Gasteiger partial charge in [0.1, 0.15) is 19.1 Å². The Morgan fingerprint density at radius 2 is 1.61 bits per heavy atom. The number of carbonyl (C=O) groups excluding carboxylic acids is 1. The van der Waals surface area contributed by atoms with Crippen molar-refractivity contribution in [1.29, 1.82) is 0 Å². The Morgan fingerprint density at radius 3 is 2.33 bits per heavy atom. The lowest BCUT2D eigenvalue weighted by molar-refractivity contribution is 0.0593. The third kappa shape index (κ3) is 5.27. The largest absolute Gasteiger partial charge is 0.489 e. The van der Waals surface area contributed by atoms with Gasteiger partial charge >= 0.3 is 0 Å². The fourth-order valence-electron chi connectivity index (χ4n) is 4.74. The van der Waals surface area contributed by atoms with Crippen molar-refractivity contribution in [3.8, 4) is 5.75 Å². The highest BCUT2D eigenvalue weighted by Gasteiger charge is 2.40. The quantitative estimate of drug-likeness (QED) is 0.554. The molecule has 0 bridgehead atoms. The van der Waals surface area contributed by atoms with E-state index in [2.05, 4.69) is 29.2 Å². The summed E-state index contributed by atoms with van der Waals surface area (Å²) in [6.45, 7) is 3.64. The molecular weight excluding hydrogens is 412 g/mol. The van der Waals surface area contributed by atoms with E-state index >= 15 is 0 Å². The number of fused-ring (bicyclic) bond motifs is 1. The van der Waals surface area contributed by atoms with Crippen LogP contribution in [0, 0.1) is 0 Å². The van der Waals surface area contributed by atoms with Crippen LogP contribution in [0.15, 0.2) is 84.9 Å². The Bertz CT molecular complexity index is 1040. The standard InChI is InChI=1S/C28H30N2O3/c31-28(24-13-15-25(16-14-24)32-20-23-10-5-2-6-11-23)30-21-33-27-12-7-17-29(19-26(27)30)18-22-8-3-1-4-9-22/h1-6,8-11,13-16,26-27H,7,12,17-21H2/t26-,27-/m1/s1. The zero-order valence-corrected chi connectivity index (χ0v) is 18.8. The van der Waals surface area contributed by atoms with Gasteiger partial charge in [-0.05, 0) is 54.8 Å². The van der Waals surface area contributed by atoms with Gasteiger partial charge in [-0.25, -0.2) is 0 Å². The van der Waals surface area contributed by atoms with Crippen LogP contribution in [-0.2, 0) is 17.9 Å². The molecule has 5 nitrogen and oxygen atoms in total. The molecule has 0 spiro atoms. The van der Waals surface area contributed by atoms with Gasteiger partial charge in [0, 0.05) is 18.7 Å². The van der Waals surface area contributed by atoms with Crippen LogP contribution in [0.4, 0.5) is 0 Å². The van der Waals surface area contributed by atoms with Crippen LogP contribution in [0.3, 0.4) is 0 Å². The summed E-state index contributed by atoms with van der Waals surface area (Å²) < 4.78 is 11.9. The molecule has 0 aliphatic carbocycles. The molecule has 5 heteroatoms. The average molecular weight is 443 g/mol. The Labute approximate surface area is 195 Å². The summed E-state index contributed by atoms with van der Waals surface area (Å²) in [4.78, 5) is 17.7. The van der Waals surface area contributed by atoms with Gasteiger partial charge in [0.25, 0.3) is 5.91 Å². The van der Waals surface area contributed by atoms with Gasteiger partial charge in [-0.3, -0.25) is 9.69 Å². The van der Waals surface area contributed by atoms with Gasteiger partial charge in [0.15, 0.2) is 0 Å². The molecule has 2 atom stereocenters. The molecule has 0 saturated carbocycles. The maximum atomic E-state index is 13.4. The summed E-state index contributed by atoms with van der Waals surface area (Å²) >= 11 is 0. The molecule has 2 fully saturated rings. The highest BCUT2D eigenvalue weighted by Crippen LogP contribution is 2.28. The number of rotatable bonds is 6. The molecule has 170 valence electrons. The fourth-order valence-corrected chi connectivity index (χ4v) is 4.74. The molecule has 2 heterocycles. The van der Waals surface area contributed by atoms with Crippen LogP contribution in [0.5, 0.6) is 5.75 Å². The summed E-state index contributed by atoms with van der Waals surface area (Å²) in [5, 5.41) is 0. The first-order valence-corrected chi connectivity index (χ1v) is 11.7. The van der Waals surface area contributed by atoms with Gasteiger partial charge in [-0.1, -0.05) is 60.7 Å². The van der Waals surface area contributed by atoms with E-state index in [1.807, 2.05) is 65.6 Å². The summed E-state index contributed by atoms with van der Waals surface area (Å²) in [5.74, 6) is 0.785. The maximum Gasteiger partial charge on any atom is 0.256 e. The van der Waals surface area contributed by atoms with Gasteiger partial charge < -0.3 is 14.4 Å². The van der Waals surface area contributed by atoms with Crippen LogP contribution in [0.2, 0.25) is 0 Å². The van der Waals surface area contributed by atoms with Crippen LogP contribution < -0.4 is 4.74 Å². The maximum absolute atomic E-state index is 13.4. The highest BCUT2D eigenvalue weighted by molar-refractivity contribution is 5.94.